The molecule has 0 bridgehead atoms. The van der Waals surface area contributed by atoms with Gasteiger partial charge in [-0.2, -0.15) is 0 Å². The molecule has 3 aromatic rings. The van der Waals surface area contributed by atoms with Crippen molar-refractivity contribution >= 4 is 16.0 Å². The first-order chi connectivity index (χ1) is 15.6. The maximum Gasteiger partial charge on any atom is 0.341 e. The van der Waals surface area contributed by atoms with Crippen LogP contribution in [0.2, 0.25) is 0 Å². The van der Waals surface area contributed by atoms with Gasteiger partial charge in [0.05, 0.1) is 5.69 Å². The molecule has 0 saturated carbocycles. The standard InChI is InChI=1S/C25H28N2O5S/c1-25(2,3)21-12-13-26-22(15-18-8-5-4-6-9-18)24(21)33(30,31)27-16-19-10-7-11-20(14-19)32-17-23(28)29/h4-14,27H,15-17H2,1-3H3,(H,28,29). The van der Waals surface area contributed by atoms with Crippen molar-refractivity contribution in [3.63, 3.8) is 0 Å². The smallest absolute Gasteiger partial charge is 0.341 e. The number of carboxylic acid groups (broad SMARTS) is 1. The molecule has 0 atom stereocenters. The summed E-state index contributed by atoms with van der Waals surface area (Å²) in [6.07, 6.45) is 2.04. The lowest BCUT2D eigenvalue weighted by molar-refractivity contribution is -0.139. The normalized spacial score (nSPS) is 11.8. The zero-order valence-corrected chi connectivity index (χ0v) is 19.7. The number of nitrogens with zero attached hydrogens (tertiary/aromatic N) is 1. The number of aromatic nitrogens is 1. The largest absolute Gasteiger partial charge is 0.482 e. The lowest BCUT2D eigenvalue weighted by atomic mass is 9.87. The first-order valence-electron chi connectivity index (χ1n) is 10.5. The molecule has 0 unspecified atom stereocenters. The maximum absolute atomic E-state index is 13.5. The molecule has 0 radical (unpaired) electrons. The summed E-state index contributed by atoms with van der Waals surface area (Å²) >= 11 is 0. The van der Waals surface area contributed by atoms with Crippen LogP contribution in [0.1, 0.15) is 43.2 Å². The Morgan fingerprint density at radius 3 is 2.39 bits per heavy atom. The molecule has 0 aliphatic carbocycles. The average molecular weight is 469 g/mol. The van der Waals surface area contributed by atoms with E-state index in [4.69, 9.17) is 9.84 Å². The summed E-state index contributed by atoms with van der Waals surface area (Å²) in [5.74, 6) is -0.728. The first kappa shape index (κ1) is 24.4. The van der Waals surface area contributed by atoms with Crippen molar-refractivity contribution in [2.45, 2.75) is 44.0 Å². The maximum atomic E-state index is 13.5. The average Bonchev–Trinajstić information content (AvgIpc) is 2.76. The molecule has 7 nitrogen and oxygen atoms in total. The molecule has 0 saturated heterocycles. The van der Waals surface area contributed by atoms with Crippen LogP contribution in [-0.4, -0.2) is 31.1 Å². The van der Waals surface area contributed by atoms with E-state index in [1.807, 2.05) is 51.1 Å². The van der Waals surface area contributed by atoms with E-state index in [2.05, 4.69) is 9.71 Å². The number of nitrogens with one attached hydrogen (secondary N) is 1. The molecule has 33 heavy (non-hydrogen) atoms. The number of hydrogen-bond donors (Lipinski definition) is 2. The van der Waals surface area contributed by atoms with Gasteiger partial charge in [-0.3, -0.25) is 4.98 Å². The predicted octanol–water partition coefficient (Wildman–Crippen LogP) is 3.91. The summed E-state index contributed by atoms with van der Waals surface area (Å²) in [4.78, 5) is 15.3. The zero-order chi connectivity index (χ0) is 24.1. The third kappa shape index (κ3) is 6.63. The summed E-state index contributed by atoms with van der Waals surface area (Å²) in [7, 11) is -3.91. The minimum Gasteiger partial charge on any atom is -0.482 e. The first-order valence-corrected chi connectivity index (χ1v) is 12.0. The fourth-order valence-electron chi connectivity index (χ4n) is 3.44. The molecule has 2 N–H and O–H groups in total. The van der Waals surface area contributed by atoms with E-state index in [-0.39, 0.29) is 11.4 Å². The van der Waals surface area contributed by atoms with Crippen LogP contribution in [0.3, 0.4) is 0 Å². The number of hydrogen-bond acceptors (Lipinski definition) is 5. The van der Waals surface area contributed by atoms with E-state index < -0.39 is 28.0 Å². The summed E-state index contributed by atoms with van der Waals surface area (Å²) in [5.41, 5.74) is 2.38. The number of aliphatic carboxylic acids is 1. The molecule has 0 fully saturated rings. The van der Waals surface area contributed by atoms with Crippen LogP contribution in [0.4, 0.5) is 0 Å². The molecule has 0 spiro atoms. The third-order valence-electron chi connectivity index (χ3n) is 5.00. The van der Waals surface area contributed by atoms with Gasteiger partial charge in [0.1, 0.15) is 10.6 Å². The molecular formula is C25H28N2O5S. The van der Waals surface area contributed by atoms with E-state index in [0.717, 1.165) is 5.56 Å². The molecule has 0 aliphatic rings. The van der Waals surface area contributed by atoms with Crippen LogP contribution in [-0.2, 0) is 33.2 Å². The second-order valence-electron chi connectivity index (χ2n) is 8.70. The van der Waals surface area contributed by atoms with Gasteiger partial charge in [-0.05, 0) is 40.3 Å². The van der Waals surface area contributed by atoms with Gasteiger partial charge < -0.3 is 9.84 Å². The van der Waals surface area contributed by atoms with Crippen molar-refractivity contribution in [2.75, 3.05) is 6.61 Å². The number of rotatable bonds is 9. The van der Waals surface area contributed by atoms with Gasteiger partial charge in [0.15, 0.2) is 6.61 Å². The Morgan fingerprint density at radius 1 is 1.03 bits per heavy atom. The van der Waals surface area contributed by atoms with E-state index >= 15 is 0 Å². The van der Waals surface area contributed by atoms with Crippen LogP contribution >= 0.6 is 0 Å². The Kier molecular flexibility index (Phi) is 7.50. The van der Waals surface area contributed by atoms with Crippen LogP contribution in [0.5, 0.6) is 5.75 Å². The van der Waals surface area contributed by atoms with E-state index in [0.29, 0.717) is 29.0 Å². The number of carboxylic acids is 1. The van der Waals surface area contributed by atoms with Crippen molar-refractivity contribution in [1.82, 2.24) is 9.71 Å². The van der Waals surface area contributed by atoms with Gasteiger partial charge in [0.25, 0.3) is 0 Å². The third-order valence-corrected chi connectivity index (χ3v) is 6.51. The summed E-state index contributed by atoms with van der Waals surface area (Å²) in [6.45, 7) is 5.46. The Morgan fingerprint density at radius 2 is 1.73 bits per heavy atom. The number of ether oxygens (including phenoxy) is 1. The monoisotopic (exact) mass is 468 g/mol. The van der Waals surface area contributed by atoms with Gasteiger partial charge in [0, 0.05) is 19.2 Å². The molecular weight excluding hydrogens is 440 g/mol. The Bertz CT molecular complexity index is 1220. The van der Waals surface area contributed by atoms with Crippen molar-refractivity contribution in [1.29, 1.82) is 0 Å². The highest BCUT2D eigenvalue weighted by molar-refractivity contribution is 7.89. The molecule has 2 aromatic carbocycles. The highest BCUT2D eigenvalue weighted by atomic mass is 32.2. The van der Waals surface area contributed by atoms with E-state index in [9.17, 15) is 13.2 Å². The van der Waals surface area contributed by atoms with Crippen molar-refractivity contribution < 1.29 is 23.1 Å². The Labute approximate surface area is 194 Å². The summed E-state index contributed by atoms with van der Waals surface area (Å²) in [5, 5.41) is 8.78. The lowest BCUT2D eigenvalue weighted by Gasteiger charge is -2.24. The number of carbonyl (C=O) groups is 1. The highest BCUT2D eigenvalue weighted by Gasteiger charge is 2.29. The second-order valence-corrected chi connectivity index (χ2v) is 10.4. The second kappa shape index (κ2) is 10.1. The van der Waals surface area contributed by atoms with Gasteiger partial charge in [-0.25, -0.2) is 17.9 Å². The van der Waals surface area contributed by atoms with Gasteiger partial charge in [-0.15, -0.1) is 0 Å². The number of benzene rings is 2. The number of pyridine rings is 1. The molecule has 8 heteroatoms. The SMILES string of the molecule is CC(C)(C)c1ccnc(Cc2ccccc2)c1S(=O)(=O)NCc1cccc(OCC(=O)O)c1. The fourth-order valence-corrected chi connectivity index (χ4v) is 5.04. The zero-order valence-electron chi connectivity index (χ0n) is 18.9. The van der Waals surface area contributed by atoms with Gasteiger partial charge in [0.2, 0.25) is 10.0 Å². The van der Waals surface area contributed by atoms with Crippen molar-refractivity contribution in [3.8, 4) is 5.75 Å². The fraction of sp³-hybridized carbons (Fsp3) is 0.280. The topological polar surface area (TPSA) is 106 Å². The van der Waals surface area contributed by atoms with Crippen molar-refractivity contribution in [2.24, 2.45) is 0 Å². The summed E-state index contributed by atoms with van der Waals surface area (Å²) < 4.78 is 34.9. The Hall–Kier alpha value is -3.23. The predicted molar refractivity (Wildman–Crippen MR) is 126 cm³/mol. The Balaban J connectivity index is 1.92. The van der Waals surface area contributed by atoms with Crippen LogP contribution in [0.25, 0.3) is 0 Å². The quantitative estimate of drug-likeness (QED) is 0.493. The lowest BCUT2D eigenvalue weighted by Crippen LogP contribution is -2.29. The highest BCUT2D eigenvalue weighted by Crippen LogP contribution is 2.31. The van der Waals surface area contributed by atoms with Gasteiger partial charge >= 0.3 is 5.97 Å². The van der Waals surface area contributed by atoms with Crippen LogP contribution in [0.15, 0.2) is 71.8 Å². The number of sulfonamides is 1. The molecule has 1 heterocycles. The molecule has 0 amide bonds. The van der Waals surface area contributed by atoms with Crippen LogP contribution < -0.4 is 9.46 Å². The van der Waals surface area contributed by atoms with Crippen LogP contribution in [0, 0.1) is 0 Å². The molecule has 174 valence electrons. The molecule has 0 aliphatic heterocycles. The summed E-state index contributed by atoms with van der Waals surface area (Å²) in [6, 6.07) is 18.0. The minimum absolute atomic E-state index is 0.0237. The molecule has 3 rings (SSSR count). The molecule has 1 aromatic heterocycles. The van der Waals surface area contributed by atoms with E-state index in [1.165, 1.54) is 0 Å². The van der Waals surface area contributed by atoms with Gasteiger partial charge in [-0.1, -0.05) is 63.2 Å². The van der Waals surface area contributed by atoms with Crippen molar-refractivity contribution in [3.05, 3.63) is 89.2 Å². The minimum atomic E-state index is -3.91. The van der Waals surface area contributed by atoms with E-state index in [1.54, 1.807) is 36.5 Å².